The maximum absolute atomic E-state index is 12.4. The predicted molar refractivity (Wildman–Crippen MR) is 100 cm³/mol. The number of nitrogens with one attached hydrogen (secondary N) is 2. The second-order valence-corrected chi connectivity index (χ2v) is 5.76. The first-order valence-corrected chi connectivity index (χ1v) is 8.15. The minimum atomic E-state index is -0.290. The highest BCUT2D eigenvalue weighted by atomic mass is 16.5. The zero-order valence-electron chi connectivity index (χ0n) is 14.6. The molecule has 1 aromatic heterocycles. The number of benzene rings is 2. The van der Waals surface area contributed by atoms with E-state index >= 15 is 0 Å². The van der Waals surface area contributed by atoms with Crippen molar-refractivity contribution >= 4 is 28.4 Å². The SMILES string of the molecule is CNC(=O)Cc1ccc(NC(=O)c2ccc3cc(OC)ccc3n2)cc1. The standard InChI is InChI=1S/C20H19N3O3/c1-21-19(24)11-13-3-6-15(7-4-13)22-20(25)18-9-5-14-12-16(26-2)8-10-17(14)23-18/h3-10,12H,11H2,1-2H3,(H,21,24)(H,22,25). The molecule has 0 saturated carbocycles. The quantitative estimate of drug-likeness (QED) is 0.742. The van der Waals surface area contributed by atoms with Crippen molar-refractivity contribution in [3.8, 4) is 5.75 Å². The van der Waals surface area contributed by atoms with E-state index in [-0.39, 0.29) is 11.8 Å². The van der Waals surface area contributed by atoms with Gasteiger partial charge in [0.2, 0.25) is 5.91 Å². The molecule has 6 heteroatoms. The molecule has 26 heavy (non-hydrogen) atoms. The molecule has 2 N–H and O–H groups in total. The van der Waals surface area contributed by atoms with Gasteiger partial charge in [-0.2, -0.15) is 0 Å². The smallest absolute Gasteiger partial charge is 0.274 e. The molecule has 3 aromatic rings. The van der Waals surface area contributed by atoms with Gasteiger partial charge in [0.1, 0.15) is 11.4 Å². The highest BCUT2D eigenvalue weighted by Gasteiger charge is 2.09. The molecule has 0 radical (unpaired) electrons. The van der Waals surface area contributed by atoms with E-state index in [1.807, 2.05) is 36.4 Å². The third-order valence-electron chi connectivity index (χ3n) is 3.98. The first kappa shape index (κ1) is 17.4. The molecule has 0 bridgehead atoms. The maximum Gasteiger partial charge on any atom is 0.274 e. The third kappa shape index (κ3) is 3.97. The summed E-state index contributed by atoms with van der Waals surface area (Å²) in [7, 11) is 3.21. The number of likely N-dealkylation sites (N-methyl/N-ethyl adjacent to an activating group) is 1. The monoisotopic (exact) mass is 349 g/mol. The van der Waals surface area contributed by atoms with Crippen LogP contribution in [-0.2, 0) is 11.2 Å². The van der Waals surface area contributed by atoms with Crippen molar-refractivity contribution in [2.24, 2.45) is 0 Å². The summed E-state index contributed by atoms with van der Waals surface area (Å²) >= 11 is 0. The fraction of sp³-hybridized carbons (Fsp3) is 0.150. The van der Waals surface area contributed by atoms with E-state index in [0.29, 0.717) is 17.8 Å². The topological polar surface area (TPSA) is 80.3 Å². The summed E-state index contributed by atoms with van der Waals surface area (Å²) < 4.78 is 5.19. The molecule has 0 aliphatic rings. The summed E-state index contributed by atoms with van der Waals surface area (Å²) in [6.07, 6.45) is 0.306. The zero-order chi connectivity index (χ0) is 18.5. The number of fused-ring (bicyclic) bond motifs is 1. The van der Waals surface area contributed by atoms with Gasteiger partial charge in [0.15, 0.2) is 0 Å². The number of rotatable bonds is 5. The fourth-order valence-corrected chi connectivity index (χ4v) is 2.53. The Hall–Kier alpha value is -3.41. The second kappa shape index (κ2) is 7.65. The minimum absolute atomic E-state index is 0.0567. The van der Waals surface area contributed by atoms with Crippen LogP contribution < -0.4 is 15.4 Å². The summed E-state index contributed by atoms with van der Waals surface area (Å²) in [5.74, 6) is 0.397. The molecule has 0 spiro atoms. The number of carbonyl (C=O) groups is 2. The molecule has 0 saturated heterocycles. The molecule has 2 aromatic carbocycles. The average molecular weight is 349 g/mol. The number of ether oxygens (including phenoxy) is 1. The maximum atomic E-state index is 12.4. The summed E-state index contributed by atoms with van der Waals surface area (Å²) in [4.78, 5) is 28.2. The molecular weight excluding hydrogens is 330 g/mol. The Morgan fingerprint density at radius 3 is 2.50 bits per heavy atom. The lowest BCUT2D eigenvalue weighted by atomic mass is 10.1. The van der Waals surface area contributed by atoms with Crippen molar-refractivity contribution in [2.75, 3.05) is 19.5 Å². The molecule has 0 unspecified atom stereocenters. The molecule has 3 rings (SSSR count). The lowest BCUT2D eigenvalue weighted by Gasteiger charge is -2.07. The molecule has 0 atom stereocenters. The molecule has 132 valence electrons. The van der Waals surface area contributed by atoms with Crippen LogP contribution in [0.5, 0.6) is 5.75 Å². The highest BCUT2D eigenvalue weighted by Crippen LogP contribution is 2.20. The summed E-state index contributed by atoms with van der Waals surface area (Å²) in [5, 5.41) is 6.29. The zero-order valence-corrected chi connectivity index (χ0v) is 14.6. The van der Waals surface area contributed by atoms with Crippen LogP contribution in [0.1, 0.15) is 16.1 Å². The minimum Gasteiger partial charge on any atom is -0.497 e. The Morgan fingerprint density at radius 2 is 1.81 bits per heavy atom. The Morgan fingerprint density at radius 1 is 1.04 bits per heavy atom. The number of carbonyl (C=O) groups excluding carboxylic acids is 2. The van der Waals surface area contributed by atoms with Gasteiger partial charge in [-0.25, -0.2) is 4.98 Å². The van der Waals surface area contributed by atoms with Gasteiger partial charge in [0.25, 0.3) is 5.91 Å². The Balaban J connectivity index is 1.73. The van der Waals surface area contributed by atoms with E-state index in [1.54, 1.807) is 32.4 Å². The number of hydrogen-bond donors (Lipinski definition) is 2. The van der Waals surface area contributed by atoms with Crippen LogP contribution >= 0.6 is 0 Å². The molecule has 0 fully saturated rings. The fourth-order valence-electron chi connectivity index (χ4n) is 2.53. The van der Waals surface area contributed by atoms with Crippen LogP contribution in [0.25, 0.3) is 10.9 Å². The molecule has 1 heterocycles. The lowest BCUT2D eigenvalue weighted by Crippen LogP contribution is -2.19. The number of anilines is 1. The lowest BCUT2D eigenvalue weighted by molar-refractivity contribution is -0.119. The Bertz CT molecular complexity index is 952. The number of nitrogens with zero attached hydrogens (tertiary/aromatic N) is 1. The van der Waals surface area contributed by atoms with Gasteiger partial charge in [0, 0.05) is 18.1 Å². The molecule has 6 nitrogen and oxygen atoms in total. The van der Waals surface area contributed by atoms with Gasteiger partial charge in [-0.1, -0.05) is 18.2 Å². The van der Waals surface area contributed by atoms with Gasteiger partial charge >= 0.3 is 0 Å². The molecular formula is C20H19N3O3. The van der Waals surface area contributed by atoms with Crippen LogP contribution in [-0.4, -0.2) is 31.0 Å². The summed E-state index contributed by atoms with van der Waals surface area (Å²) in [6.45, 7) is 0. The first-order valence-electron chi connectivity index (χ1n) is 8.15. The van der Waals surface area contributed by atoms with E-state index < -0.39 is 0 Å². The molecule has 2 amide bonds. The van der Waals surface area contributed by atoms with Crippen LogP contribution in [0.15, 0.2) is 54.6 Å². The first-order chi connectivity index (χ1) is 12.6. The van der Waals surface area contributed by atoms with Crippen molar-refractivity contribution in [1.82, 2.24) is 10.3 Å². The van der Waals surface area contributed by atoms with Crippen molar-refractivity contribution in [3.63, 3.8) is 0 Å². The van der Waals surface area contributed by atoms with Crippen LogP contribution in [0, 0.1) is 0 Å². The number of pyridine rings is 1. The number of aromatic nitrogens is 1. The van der Waals surface area contributed by atoms with Gasteiger partial charge < -0.3 is 15.4 Å². The largest absolute Gasteiger partial charge is 0.497 e. The molecule has 0 aliphatic carbocycles. The van der Waals surface area contributed by atoms with E-state index in [9.17, 15) is 9.59 Å². The van der Waals surface area contributed by atoms with Gasteiger partial charge in [0.05, 0.1) is 19.0 Å². The van der Waals surface area contributed by atoms with E-state index in [0.717, 1.165) is 22.2 Å². The molecule has 0 aliphatic heterocycles. The second-order valence-electron chi connectivity index (χ2n) is 5.76. The van der Waals surface area contributed by atoms with E-state index in [1.165, 1.54) is 0 Å². The van der Waals surface area contributed by atoms with Crippen molar-refractivity contribution < 1.29 is 14.3 Å². The van der Waals surface area contributed by atoms with Crippen molar-refractivity contribution in [2.45, 2.75) is 6.42 Å². The van der Waals surface area contributed by atoms with Crippen LogP contribution in [0.4, 0.5) is 5.69 Å². The Labute approximate surface area is 151 Å². The van der Waals surface area contributed by atoms with Gasteiger partial charge in [-0.15, -0.1) is 0 Å². The van der Waals surface area contributed by atoms with E-state index in [2.05, 4.69) is 15.6 Å². The van der Waals surface area contributed by atoms with Crippen LogP contribution in [0.2, 0.25) is 0 Å². The number of methoxy groups -OCH3 is 1. The summed E-state index contributed by atoms with van der Waals surface area (Å²) in [5.41, 5.74) is 2.57. The predicted octanol–water partition coefficient (Wildman–Crippen LogP) is 2.78. The number of amides is 2. The normalized spacial score (nSPS) is 10.4. The number of hydrogen-bond acceptors (Lipinski definition) is 4. The summed E-state index contributed by atoms with van der Waals surface area (Å²) in [6, 6.07) is 16.2. The van der Waals surface area contributed by atoms with Crippen molar-refractivity contribution in [1.29, 1.82) is 0 Å². The highest BCUT2D eigenvalue weighted by molar-refractivity contribution is 6.04. The van der Waals surface area contributed by atoms with E-state index in [4.69, 9.17) is 4.74 Å². The van der Waals surface area contributed by atoms with Crippen molar-refractivity contribution in [3.05, 3.63) is 65.9 Å². The average Bonchev–Trinajstić information content (AvgIpc) is 2.68. The third-order valence-corrected chi connectivity index (χ3v) is 3.98. The Kier molecular flexibility index (Phi) is 5.12. The van der Waals surface area contributed by atoms with Gasteiger partial charge in [-0.3, -0.25) is 9.59 Å². The van der Waals surface area contributed by atoms with Crippen LogP contribution in [0.3, 0.4) is 0 Å². The van der Waals surface area contributed by atoms with Gasteiger partial charge in [-0.05, 0) is 42.0 Å².